The maximum atomic E-state index is 3.95. The van der Waals surface area contributed by atoms with Gasteiger partial charge in [-0.25, -0.2) is 0 Å². The molecule has 1 N–H and O–H groups in total. The van der Waals surface area contributed by atoms with Crippen LogP contribution in [0, 0.1) is 0 Å². The van der Waals surface area contributed by atoms with E-state index >= 15 is 0 Å². The molecule has 15 heavy (non-hydrogen) atoms. The van der Waals surface area contributed by atoms with Crippen LogP contribution in [0.1, 0.15) is 40.2 Å². The van der Waals surface area contributed by atoms with E-state index in [1.54, 1.807) is 12.4 Å². The van der Waals surface area contributed by atoms with Gasteiger partial charge >= 0.3 is 0 Å². The lowest BCUT2D eigenvalue weighted by Crippen LogP contribution is -2.12. The summed E-state index contributed by atoms with van der Waals surface area (Å²) in [5.41, 5.74) is 2.01. The lowest BCUT2D eigenvalue weighted by molar-refractivity contribution is 0.591. The highest BCUT2D eigenvalue weighted by molar-refractivity contribution is 5.78. The van der Waals surface area contributed by atoms with Crippen molar-refractivity contribution in [1.29, 1.82) is 0 Å². The Balaban J connectivity index is 0.000000531. The van der Waals surface area contributed by atoms with Gasteiger partial charge in [0.2, 0.25) is 0 Å². The summed E-state index contributed by atoms with van der Waals surface area (Å²) < 4.78 is 0. The predicted octanol–water partition coefficient (Wildman–Crippen LogP) is 2.68. The summed E-state index contributed by atoms with van der Waals surface area (Å²) in [5, 5.41) is 15.7. The Bertz CT molecular complexity index is 425. The van der Waals surface area contributed by atoms with E-state index < -0.39 is 0 Å². The van der Waals surface area contributed by atoms with Crippen molar-refractivity contribution in [2.75, 3.05) is 0 Å². The number of rotatable bonds is 0. The van der Waals surface area contributed by atoms with Gasteiger partial charge in [-0.15, -0.1) is 5.10 Å². The third-order valence-corrected chi connectivity index (χ3v) is 2.06. The fourth-order valence-electron chi connectivity index (χ4n) is 1.36. The minimum absolute atomic E-state index is 0.0814. The Hall–Kier alpha value is -1.45. The molecule has 0 aliphatic carbocycles. The van der Waals surface area contributed by atoms with E-state index in [0.717, 1.165) is 11.0 Å². The minimum Gasteiger partial charge on any atom is -0.259 e. The van der Waals surface area contributed by atoms with E-state index in [0.29, 0.717) is 0 Å². The fourth-order valence-corrected chi connectivity index (χ4v) is 1.36. The molecule has 0 atom stereocenters. The first kappa shape index (κ1) is 11.6. The lowest BCUT2D eigenvalue weighted by Gasteiger charge is -2.18. The van der Waals surface area contributed by atoms with Crippen LogP contribution in [0.4, 0.5) is 0 Å². The zero-order valence-corrected chi connectivity index (χ0v) is 10.00. The molecule has 0 aromatic carbocycles. The zero-order chi connectivity index (χ0) is 11.5. The van der Waals surface area contributed by atoms with Crippen molar-refractivity contribution in [1.82, 2.24) is 20.4 Å². The molecule has 2 aromatic rings. The highest BCUT2D eigenvalue weighted by Crippen LogP contribution is 2.26. The fraction of sp³-hybridized carbons (Fsp3) is 0.545. The highest BCUT2D eigenvalue weighted by atomic mass is 15.2. The van der Waals surface area contributed by atoms with Crippen molar-refractivity contribution in [3.05, 3.63) is 18.0 Å². The number of aromatic nitrogens is 4. The molecule has 2 rings (SSSR count). The third kappa shape index (κ3) is 2.32. The molecule has 0 amide bonds. The maximum Gasteiger partial charge on any atom is 0.178 e. The summed E-state index contributed by atoms with van der Waals surface area (Å²) >= 11 is 0. The smallest absolute Gasteiger partial charge is 0.178 e. The first-order valence-corrected chi connectivity index (χ1v) is 5.24. The van der Waals surface area contributed by atoms with E-state index in [2.05, 4.69) is 41.2 Å². The van der Waals surface area contributed by atoms with Crippen molar-refractivity contribution < 1.29 is 0 Å². The number of hydrogen-bond donors (Lipinski definition) is 1. The minimum atomic E-state index is 0.0814. The summed E-state index contributed by atoms with van der Waals surface area (Å²) in [6.45, 7) is 10.4. The summed E-state index contributed by atoms with van der Waals surface area (Å²) in [4.78, 5) is 0. The van der Waals surface area contributed by atoms with Crippen molar-refractivity contribution in [3.63, 3.8) is 0 Å². The van der Waals surface area contributed by atoms with Gasteiger partial charge in [0, 0.05) is 5.39 Å². The van der Waals surface area contributed by atoms with E-state index in [-0.39, 0.29) is 5.41 Å². The molecule has 0 saturated carbocycles. The van der Waals surface area contributed by atoms with Crippen LogP contribution >= 0.6 is 0 Å². The van der Waals surface area contributed by atoms with Crippen LogP contribution < -0.4 is 0 Å². The van der Waals surface area contributed by atoms with Gasteiger partial charge in [-0.1, -0.05) is 34.6 Å². The normalized spacial score (nSPS) is 11.0. The van der Waals surface area contributed by atoms with Crippen LogP contribution in [-0.2, 0) is 5.41 Å². The Morgan fingerprint density at radius 2 is 1.80 bits per heavy atom. The van der Waals surface area contributed by atoms with Crippen LogP contribution in [0.3, 0.4) is 0 Å². The molecule has 0 bridgehead atoms. The Labute approximate surface area is 90.1 Å². The van der Waals surface area contributed by atoms with Crippen LogP contribution in [0.2, 0.25) is 0 Å². The number of nitrogens with zero attached hydrogens (tertiary/aromatic N) is 3. The van der Waals surface area contributed by atoms with Gasteiger partial charge in [-0.3, -0.25) is 5.10 Å². The van der Waals surface area contributed by atoms with Gasteiger partial charge in [-0.2, -0.15) is 10.2 Å². The first-order chi connectivity index (χ1) is 7.09. The van der Waals surface area contributed by atoms with Crippen LogP contribution in [0.25, 0.3) is 11.0 Å². The molecule has 4 nitrogen and oxygen atoms in total. The maximum absolute atomic E-state index is 3.95. The van der Waals surface area contributed by atoms with Crippen LogP contribution in [0.5, 0.6) is 0 Å². The lowest BCUT2D eigenvalue weighted by atomic mass is 9.87. The quantitative estimate of drug-likeness (QED) is 0.721. The standard InChI is InChI=1S/C9H12N4.C2H6/c1-9(2,3)7-5-11-13-8-6(7)4-10-12-8;1-2/h4-5H,1-3H3,(H,10,12,13);1-2H3. The zero-order valence-electron chi connectivity index (χ0n) is 10.00. The average Bonchev–Trinajstić information content (AvgIpc) is 2.66. The van der Waals surface area contributed by atoms with E-state index in [4.69, 9.17) is 0 Å². The number of fused-ring (bicyclic) bond motifs is 1. The molecular formula is C11H18N4. The Kier molecular flexibility index (Phi) is 3.39. The molecule has 4 heteroatoms. The molecular weight excluding hydrogens is 188 g/mol. The molecule has 0 aliphatic heterocycles. The molecule has 0 aliphatic rings. The molecule has 82 valence electrons. The third-order valence-electron chi connectivity index (χ3n) is 2.06. The second kappa shape index (κ2) is 4.38. The highest BCUT2D eigenvalue weighted by Gasteiger charge is 2.18. The SMILES string of the molecule is CC.CC(C)(C)c1cnnc2[nH]ncc12. The first-order valence-electron chi connectivity index (χ1n) is 5.24. The predicted molar refractivity (Wildman–Crippen MR) is 61.7 cm³/mol. The van der Waals surface area contributed by atoms with Crippen molar-refractivity contribution in [3.8, 4) is 0 Å². The summed E-state index contributed by atoms with van der Waals surface area (Å²) in [6.07, 6.45) is 3.60. The Morgan fingerprint density at radius 1 is 1.13 bits per heavy atom. The van der Waals surface area contributed by atoms with Gasteiger partial charge in [0.05, 0.1) is 12.4 Å². The summed E-state index contributed by atoms with van der Waals surface area (Å²) in [6, 6.07) is 0. The second-order valence-corrected chi connectivity index (χ2v) is 4.14. The average molecular weight is 206 g/mol. The van der Waals surface area contributed by atoms with Gasteiger partial charge < -0.3 is 0 Å². The van der Waals surface area contributed by atoms with Gasteiger partial charge in [-0.05, 0) is 11.0 Å². The molecule has 0 radical (unpaired) electrons. The van der Waals surface area contributed by atoms with Crippen LogP contribution in [-0.4, -0.2) is 20.4 Å². The van der Waals surface area contributed by atoms with Gasteiger partial charge in [0.1, 0.15) is 0 Å². The topological polar surface area (TPSA) is 54.5 Å². The summed E-state index contributed by atoms with van der Waals surface area (Å²) in [7, 11) is 0. The number of H-pyrrole nitrogens is 1. The molecule has 0 unspecified atom stereocenters. The van der Waals surface area contributed by atoms with Crippen molar-refractivity contribution in [2.45, 2.75) is 40.0 Å². The summed E-state index contributed by atoms with van der Waals surface area (Å²) in [5.74, 6) is 0. The van der Waals surface area contributed by atoms with Crippen molar-refractivity contribution >= 4 is 11.0 Å². The number of aromatic amines is 1. The molecule has 0 fully saturated rings. The number of hydrogen-bond acceptors (Lipinski definition) is 3. The molecule has 2 aromatic heterocycles. The monoisotopic (exact) mass is 206 g/mol. The molecule has 2 heterocycles. The van der Waals surface area contributed by atoms with E-state index in [9.17, 15) is 0 Å². The number of nitrogens with one attached hydrogen (secondary N) is 1. The Morgan fingerprint density at radius 3 is 2.40 bits per heavy atom. The van der Waals surface area contributed by atoms with E-state index in [1.165, 1.54) is 5.56 Å². The largest absolute Gasteiger partial charge is 0.259 e. The van der Waals surface area contributed by atoms with Gasteiger partial charge in [0.15, 0.2) is 5.65 Å². The van der Waals surface area contributed by atoms with Crippen molar-refractivity contribution in [2.24, 2.45) is 0 Å². The second-order valence-electron chi connectivity index (χ2n) is 4.14. The molecule has 0 spiro atoms. The van der Waals surface area contributed by atoms with Gasteiger partial charge in [0.25, 0.3) is 0 Å². The molecule has 0 saturated heterocycles. The van der Waals surface area contributed by atoms with Crippen LogP contribution in [0.15, 0.2) is 12.4 Å². The van der Waals surface area contributed by atoms with E-state index in [1.807, 2.05) is 13.8 Å².